The van der Waals surface area contributed by atoms with E-state index in [4.69, 9.17) is 9.15 Å². The summed E-state index contributed by atoms with van der Waals surface area (Å²) in [6.07, 6.45) is 12.8. The molecule has 0 fully saturated rings. The van der Waals surface area contributed by atoms with Crippen molar-refractivity contribution in [1.29, 1.82) is 0 Å². The van der Waals surface area contributed by atoms with Gasteiger partial charge in [-0.2, -0.15) is 0 Å². The summed E-state index contributed by atoms with van der Waals surface area (Å²) in [4.78, 5) is 14.0. The number of allylic oxidation sites excluding steroid dienone is 1. The maximum Gasteiger partial charge on any atom is 0.339 e. The van der Waals surface area contributed by atoms with E-state index in [0.717, 1.165) is 73.0 Å². The molecule has 4 nitrogen and oxygen atoms in total. The van der Waals surface area contributed by atoms with Crippen molar-refractivity contribution in [3.05, 3.63) is 50.9 Å². The molecule has 1 atom stereocenters. The summed E-state index contributed by atoms with van der Waals surface area (Å²) in [6.45, 7) is 2.65. The van der Waals surface area contributed by atoms with Crippen LogP contribution >= 0.6 is 0 Å². The van der Waals surface area contributed by atoms with Crippen LogP contribution < -0.4 is 15.3 Å². The number of ether oxygens (including phenoxy) is 1. The third kappa shape index (κ3) is 3.20. The number of benzene rings is 1. The maximum absolute atomic E-state index is 12.6. The van der Waals surface area contributed by atoms with Crippen molar-refractivity contribution in [3.8, 4) is 5.75 Å². The Bertz CT molecular complexity index is 956. The average molecular weight is 366 g/mol. The summed E-state index contributed by atoms with van der Waals surface area (Å²) in [5.41, 5.74) is 5.45. The second-order valence-electron chi connectivity index (χ2n) is 8.30. The molecule has 2 heterocycles. The Hall–Kier alpha value is -2.07. The smallest absolute Gasteiger partial charge is 0.339 e. The number of hydrogen-bond donors (Lipinski definition) is 1. The van der Waals surface area contributed by atoms with Gasteiger partial charge in [0.2, 0.25) is 6.73 Å². The van der Waals surface area contributed by atoms with Crippen molar-refractivity contribution in [2.45, 2.75) is 64.3 Å². The second-order valence-corrected chi connectivity index (χ2v) is 8.30. The van der Waals surface area contributed by atoms with E-state index in [0.29, 0.717) is 6.73 Å². The van der Waals surface area contributed by atoms with Gasteiger partial charge in [-0.1, -0.05) is 11.6 Å². The summed E-state index contributed by atoms with van der Waals surface area (Å²) < 4.78 is 11.9. The van der Waals surface area contributed by atoms with Gasteiger partial charge in [-0.15, -0.1) is 0 Å². The molecule has 1 aromatic carbocycles. The first-order valence-corrected chi connectivity index (χ1v) is 10.5. The topological polar surface area (TPSA) is 43.9 Å². The van der Waals surface area contributed by atoms with Crippen molar-refractivity contribution in [2.24, 2.45) is 0 Å². The molecule has 1 aromatic heterocycles. The van der Waals surface area contributed by atoms with Crippen LogP contribution in [0.25, 0.3) is 11.0 Å². The fourth-order valence-corrected chi connectivity index (χ4v) is 4.96. The Balaban J connectivity index is 1.45. The van der Waals surface area contributed by atoms with Crippen molar-refractivity contribution in [2.75, 3.05) is 13.3 Å². The molecule has 1 unspecified atom stereocenters. The zero-order chi connectivity index (χ0) is 18.2. The molecule has 1 N–H and O–H groups in total. The molecule has 0 radical (unpaired) electrons. The van der Waals surface area contributed by atoms with Crippen LogP contribution in [0.1, 0.15) is 61.6 Å². The zero-order valence-corrected chi connectivity index (χ0v) is 15.9. The van der Waals surface area contributed by atoms with Crippen LogP contribution in [-0.2, 0) is 19.4 Å². The molecule has 27 heavy (non-hydrogen) atoms. The fourth-order valence-electron chi connectivity index (χ4n) is 4.96. The number of rotatable bonds is 3. The Labute approximate surface area is 159 Å². The number of aryl methyl sites for hydroxylation is 1. The van der Waals surface area contributed by atoms with Crippen LogP contribution in [0.2, 0.25) is 0 Å². The van der Waals surface area contributed by atoms with Crippen LogP contribution in [0.5, 0.6) is 5.75 Å². The average Bonchev–Trinajstić information content (AvgIpc) is 2.73. The van der Waals surface area contributed by atoms with E-state index in [-0.39, 0.29) is 5.63 Å². The van der Waals surface area contributed by atoms with Gasteiger partial charge in [-0.05, 0) is 69.1 Å². The monoisotopic (exact) mass is 366 g/mol. The lowest BCUT2D eigenvalue weighted by Gasteiger charge is -2.27. The molecule has 0 amide bonds. The molecule has 4 heteroatoms. The number of quaternary nitrogens is 1. The predicted octanol–water partition coefficient (Wildman–Crippen LogP) is 3.30. The first-order chi connectivity index (χ1) is 13.3. The highest BCUT2D eigenvalue weighted by atomic mass is 16.5. The minimum Gasteiger partial charge on any atom is -0.445 e. The molecular weight excluding hydrogens is 338 g/mol. The highest BCUT2D eigenvalue weighted by Crippen LogP contribution is 2.33. The Morgan fingerprint density at radius 3 is 2.67 bits per heavy atom. The van der Waals surface area contributed by atoms with E-state index < -0.39 is 0 Å². The zero-order valence-electron chi connectivity index (χ0n) is 15.9. The van der Waals surface area contributed by atoms with E-state index in [1.807, 2.05) is 0 Å². The number of hydrogen-bond acceptors (Lipinski definition) is 3. The summed E-state index contributed by atoms with van der Waals surface area (Å²) in [5.74, 6) is 0.891. The standard InChI is InChI=1S/C23H27NO3/c25-23-19-9-5-4-8-17(19)18-10-11-21-20(22(18)27-23)14-24(15-26-21)13-12-16-6-2-1-3-7-16/h6,10-11H,1-5,7-9,12-15H2/p+1. The Morgan fingerprint density at radius 2 is 1.81 bits per heavy atom. The normalized spacial score (nSPS) is 21.9. The molecule has 1 aliphatic heterocycles. The first kappa shape index (κ1) is 17.1. The van der Waals surface area contributed by atoms with Crippen LogP contribution in [0.15, 0.2) is 33.0 Å². The molecular formula is C23H28NO3+. The minimum atomic E-state index is -0.134. The van der Waals surface area contributed by atoms with E-state index in [1.165, 1.54) is 36.1 Å². The highest BCUT2D eigenvalue weighted by Gasteiger charge is 2.27. The quantitative estimate of drug-likeness (QED) is 0.670. The Kier molecular flexibility index (Phi) is 4.52. The van der Waals surface area contributed by atoms with E-state index in [9.17, 15) is 4.79 Å². The summed E-state index contributed by atoms with van der Waals surface area (Å²) >= 11 is 0. The molecule has 142 valence electrons. The summed E-state index contributed by atoms with van der Waals surface area (Å²) in [5, 5.41) is 1.13. The minimum absolute atomic E-state index is 0.134. The van der Waals surface area contributed by atoms with Gasteiger partial charge in [-0.3, -0.25) is 4.90 Å². The third-order valence-corrected chi connectivity index (χ3v) is 6.49. The van der Waals surface area contributed by atoms with Gasteiger partial charge in [0.25, 0.3) is 0 Å². The lowest BCUT2D eigenvalue weighted by atomic mass is 9.90. The molecule has 0 saturated carbocycles. The van der Waals surface area contributed by atoms with Gasteiger partial charge in [0.15, 0.2) is 5.58 Å². The highest BCUT2D eigenvalue weighted by molar-refractivity contribution is 5.86. The lowest BCUT2D eigenvalue weighted by molar-refractivity contribution is -0.932. The van der Waals surface area contributed by atoms with Crippen molar-refractivity contribution >= 4 is 11.0 Å². The van der Waals surface area contributed by atoms with Crippen LogP contribution in [0.3, 0.4) is 0 Å². The van der Waals surface area contributed by atoms with Gasteiger partial charge in [-0.25, -0.2) is 4.79 Å². The van der Waals surface area contributed by atoms with Gasteiger partial charge >= 0.3 is 5.63 Å². The molecule has 5 rings (SSSR count). The van der Waals surface area contributed by atoms with Crippen molar-refractivity contribution in [1.82, 2.24) is 0 Å². The summed E-state index contributed by atoms with van der Waals surface area (Å²) in [7, 11) is 0. The van der Waals surface area contributed by atoms with E-state index in [1.54, 1.807) is 5.57 Å². The second kappa shape index (κ2) is 7.16. The first-order valence-electron chi connectivity index (χ1n) is 10.5. The summed E-state index contributed by atoms with van der Waals surface area (Å²) in [6, 6.07) is 4.17. The largest absolute Gasteiger partial charge is 0.445 e. The fraction of sp³-hybridized carbons (Fsp3) is 0.522. The SMILES string of the molecule is O=c1oc2c3c(ccc2c2c1CCCC2)OC[NH+](CCC1=CCCCC1)C3. The van der Waals surface area contributed by atoms with Gasteiger partial charge in [0.05, 0.1) is 12.1 Å². The maximum atomic E-state index is 12.6. The third-order valence-electron chi connectivity index (χ3n) is 6.49. The molecule has 0 bridgehead atoms. The molecule has 2 aliphatic carbocycles. The molecule has 0 spiro atoms. The Morgan fingerprint density at radius 1 is 0.963 bits per heavy atom. The van der Waals surface area contributed by atoms with E-state index >= 15 is 0 Å². The van der Waals surface area contributed by atoms with Gasteiger partial charge < -0.3 is 9.15 Å². The van der Waals surface area contributed by atoms with Gasteiger partial charge in [0.1, 0.15) is 12.3 Å². The van der Waals surface area contributed by atoms with Crippen molar-refractivity contribution in [3.63, 3.8) is 0 Å². The van der Waals surface area contributed by atoms with Crippen LogP contribution in [0, 0.1) is 0 Å². The van der Waals surface area contributed by atoms with Crippen molar-refractivity contribution < 1.29 is 14.1 Å². The van der Waals surface area contributed by atoms with Crippen LogP contribution in [-0.4, -0.2) is 13.3 Å². The van der Waals surface area contributed by atoms with Gasteiger partial charge in [0, 0.05) is 17.4 Å². The molecule has 2 aromatic rings. The molecule has 3 aliphatic rings. The number of fused-ring (bicyclic) bond motifs is 5. The lowest BCUT2D eigenvalue weighted by Crippen LogP contribution is -3.12. The van der Waals surface area contributed by atoms with Crippen LogP contribution in [0.4, 0.5) is 0 Å². The van der Waals surface area contributed by atoms with E-state index in [2.05, 4.69) is 18.2 Å². The number of nitrogens with one attached hydrogen (secondary N) is 1. The molecule has 0 saturated heterocycles. The predicted molar refractivity (Wildman–Crippen MR) is 105 cm³/mol.